The van der Waals surface area contributed by atoms with Gasteiger partial charge in [-0.2, -0.15) is 10.4 Å². The third-order valence-electron chi connectivity index (χ3n) is 0.934. The summed E-state index contributed by atoms with van der Waals surface area (Å²) in [6, 6.07) is 1.80. The summed E-state index contributed by atoms with van der Waals surface area (Å²) in [6.45, 7) is 0. The minimum absolute atomic E-state index is 0.148. The Bertz CT molecular complexity index is 239. The summed E-state index contributed by atoms with van der Waals surface area (Å²) in [5.41, 5.74) is 5.64. The predicted molar refractivity (Wildman–Crippen MR) is 33.1 cm³/mol. The van der Waals surface area contributed by atoms with Crippen LogP contribution < -0.4 is 11.3 Å². The quantitative estimate of drug-likeness (QED) is 0.413. The van der Waals surface area contributed by atoms with Crippen LogP contribution in [0.1, 0.15) is 5.56 Å². The van der Waals surface area contributed by atoms with E-state index >= 15 is 0 Å². The van der Waals surface area contributed by atoms with Gasteiger partial charge in [0, 0.05) is 5.59 Å². The molecular formula is C4H3BN4. The van der Waals surface area contributed by atoms with Crippen LogP contribution in [0, 0.1) is 11.3 Å². The minimum Gasteiger partial charge on any atom is -0.381 e. The lowest BCUT2D eigenvalue weighted by atomic mass is 10.0. The van der Waals surface area contributed by atoms with Crippen LogP contribution >= 0.6 is 0 Å². The van der Waals surface area contributed by atoms with Gasteiger partial charge in [0.2, 0.25) is 0 Å². The van der Waals surface area contributed by atoms with Crippen LogP contribution in [-0.4, -0.2) is 18.0 Å². The number of anilines is 1. The molecule has 5 heteroatoms. The Labute approximate surface area is 53.1 Å². The van der Waals surface area contributed by atoms with Gasteiger partial charge < -0.3 is 5.73 Å². The molecule has 9 heavy (non-hydrogen) atoms. The van der Waals surface area contributed by atoms with Gasteiger partial charge in [0.25, 0.3) is 0 Å². The molecule has 1 aromatic heterocycles. The van der Waals surface area contributed by atoms with Gasteiger partial charge in [0.1, 0.15) is 19.5 Å². The largest absolute Gasteiger partial charge is 0.381 e. The van der Waals surface area contributed by atoms with E-state index in [1.54, 1.807) is 6.07 Å². The number of rotatable bonds is 0. The number of nitrogen functional groups attached to an aromatic ring is 1. The number of nitrogens with two attached hydrogens (primary N) is 1. The molecule has 0 atom stereocenters. The molecule has 0 spiro atoms. The van der Waals surface area contributed by atoms with Crippen LogP contribution in [0.4, 0.5) is 5.82 Å². The number of H-pyrrole nitrogens is 1. The Morgan fingerprint density at radius 1 is 1.78 bits per heavy atom. The fourth-order valence-corrected chi connectivity index (χ4v) is 0.488. The first-order chi connectivity index (χ1) is 4.25. The molecule has 1 heterocycles. The standard InChI is InChI=1S/C4H3BN4/c5-3-2(1-6)4(7)9-8-3/h(H3,7,8,9). The lowest BCUT2D eigenvalue weighted by Gasteiger charge is -1.81. The average molecular weight is 118 g/mol. The lowest BCUT2D eigenvalue weighted by Crippen LogP contribution is -2.07. The molecule has 0 saturated carbocycles. The summed E-state index contributed by atoms with van der Waals surface area (Å²) in [5, 5.41) is 14.2. The van der Waals surface area contributed by atoms with Crippen LogP contribution in [0.3, 0.4) is 0 Å². The molecule has 1 aromatic rings. The van der Waals surface area contributed by atoms with E-state index < -0.39 is 0 Å². The zero-order valence-electron chi connectivity index (χ0n) is 4.55. The second kappa shape index (κ2) is 1.82. The van der Waals surface area contributed by atoms with E-state index in [-0.39, 0.29) is 17.0 Å². The Kier molecular flexibility index (Phi) is 1.15. The number of nitrogens with zero attached hydrogens (tertiary/aromatic N) is 2. The Balaban J connectivity index is 3.27. The van der Waals surface area contributed by atoms with Crippen molar-refractivity contribution in [3.63, 3.8) is 0 Å². The first kappa shape index (κ1) is 5.70. The van der Waals surface area contributed by atoms with Crippen molar-refractivity contribution in [1.82, 2.24) is 10.2 Å². The van der Waals surface area contributed by atoms with Gasteiger partial charge in [0.05, 0.1) is 0 Å². The third kappa shape index (κ3) is 0.743. The highest BCUT2D eigenvalue weighted by Gasteiger charge is 2.02. The fraction of sp³-hybridized carbons (Fsp3) is 0. The Morgan fingerprint density at radius 2 is 2.44 bits per heavy atom. The van der Waals surface area contributed by atoms with Gasteiger partial charge in [-0.05, 0) is 0 Å². The predicted octanol–water partition coefficient (Wildman–Crippen LogP) is -1.34. The number of hydrogen-bond donors (Lipinski definition) is 2. The molecule has 0 saturated heterocycles. The van der Waals surface area contributed by atoms with Gasteiger partial charge in [-0.15, -0.1) is 0 Å². The van der Waals surface area contributed by atoms with Crippen LogP contribution in [0.25, 0.3) is 0 Å². The fourth-order valence-electron chi connectivity index (χ4n) is 0.488. The average Bonchev–Trinajstić information content (AvgIpc) is 2.12. The Morgan fingerprint density at radius 3 is 2.67 bits per heavy atom. The molecule has 4 nitrogen and oxygen atoms in total. The zero-order chi connectivity index (χ0) is 6.85. The monoisotopic (exact) mass is 118 g/mol. The van der Waals surface area contributed by atoms with Gasteiger partial charge in [0.15, 0.2) is 5.82 Å². The van der Waals surface area contributed by atoms with Crippen LogP contribution in [-0.2, 0) is 0 Å². The van der Waals surface area contributed by atoms with Crippen LogP contribution in [0.5, 0.6) is 0 Å². The highest BCUT2D eigenvalue weighted by Crippen LogP contribution is 1.98. The van der Waals surface area contributed by atoms with Crippen LogP contribution in [0.2, 0.25) is 0 Å². The number of nitrogens with one attached hydrogen (secondary N) is 1. The molecule has 0 bridgehead atoms. The van der Waals surface area contributed by atoms with E-state index in [0.29, 0.717) is 0 Å². The molecule has 2 radical (unpaired) electrons. The maximum absolute atomic E-state index is 8.32. The van der Waals surface area contributed by atoms with Crippen molar-refractivity contribution >= 4 is 19.3 Å². The number of nitriles is 1. The van der Waals surface area contributed by atoms with E-state index in [1.165, 1.54) is 0 Å². The van der Waals surface area contributed by atoms with Gasteiger partial charge in [-0.25, -0.2) is 0 Å². The lowest BCUT2D eigenvalue weighted by molar-refractivity contribution is 1.12. The molecule has 3 N–H and O–H groups in total. The van der Waals surface area contributed by atoms with E-state index in [1.807, 2.05) is 0 Å². The number of aromatic nitrogens is 2. The van der Waals surface area contributed by atoms with Crippen molar-refractivity contribution in [1.29, 1.82) is 5.26 Å². The van der Waals surface area contributed by atoms with Crippen molar-refractivity contribution < 1.29 is 0 Å². The molecule has 42 valence electrons. The second-order valence-corrected chi connectivity index (χ2v) is 1.51. The highest BCUT2D eigenvalue weighted by atomic mass is 15.1. The van der Waals surface area contributed by atoms with Gasteiger partial charge >= 0.3 is 0 Å². The van der Waals surface area contributed by atoms with E-state index in [2.05, 4.69) is 10.2 Å². The van der Waals surface area contributed by atoms with Crippen molar-refractivity contribution in [2.24, 2.45) is 0 Å². The first-order valence-electron chi connectivity index (χ1n) is 2.25. The van der Waals surface area contributed by atoms with Crippen molar-refractivity contribution in [3.05, 3.63) is 5.56 Å². The van der Waals surface area contributed by atoms with Crippen LogP contribution in [0.15, 0.2) is 0 Å². The molecular weight excluding hydrogens is 115 g/mol. The molecule has 0 amide bonds. The van der Waals surface area contributed by atoms with Crippen molar-refractivity contribution in [2.75, 3.05) is 5.73 Å². The minimum atomic E-state index is 0.148. The van der Waals surface area contributed by atoms with Crippen molar-refractivity contribution in [2.45, 2.75) is 0 Å². The molecule has 0 aliphatic carbocycles. The summed E-state index contributed by atoms with van der Waals surface area (Å²) in [5.74, 6) is 0.148. The molecule has 0 fully saturated rings. The first-order valence-corrected chi connectivity index (χ1v) is 2.25. The van der Waals surface area contributed by atoms with Gasteiger partial charge in [-0.3, -0.25) is 5.10 Å². The smallest absolute Gasteiger partial charge is 0.162 e. The van der Waals surface area contributed by atoms with E-state index in [4.69, 9.17) is 18.8 Å². The maximum atomic E-state index is 8.32. The summed E-state index contributed by atoms with van der Waals surface area (Å²) in [6.07, 6.45) is 0. The second-order valence-electron chi connectivity index (χ2n) is 1.51. The molecule has 0 aromatic carbocycles. The molecule has 0 aliphatic heterocycles. The molecule has 0 unspecified atom stereocenters. The zero-order valence-corrected chi connectivity index (χ0v) is 4.55. The summed E-state index contributed by atoms with van der Waals surface area (Å²) >= 11 is 0. The van der Waals surface area contributed by atoms with E-state index in [0.717, 1.165) is 0 Å². The van der Waals surface area contributed by atoms with E-state index in [9.17, 15) is 0 Å². The van der Waals surface area contributed by atoms with Crippen molar-refractivity contribution in [3.8, 4) is 6.07 Å². The number of aromatic amines is 1. The number of hydrogen-bond acceptors (Lipinski definition) is 3. The SMILES string of the molecule is [B]c1[nH]nc(N)c1C#N. The normalized spacial score (nSPS) is 8.78. The summed E-state index contributed by atoms with van der Waals surface area (Å²) < 4.78 is 0. The summed E-state index contributed by atoms with van der Waals surface area (Å²) in [7, 11) is 5.23. The third-order valence-corrected chi connectivity index (χ3v) is 0.934. The molecule has 1 rings (SSSR count). The Hall–Kier alpha value is -1.44. The molecule has 0 aliphatic rings. The highest BCUT2D eigenvalue weighted by molar-refractivity contribution is 6.32. The summed E-state index contributed by atoms with van der Waals surface area (Å²) in [4.78, 5) is 0. The maximum Gasteiger partial charge on any atom is 0.162 e. The van der Waals surface area contributed by atoms with Gasteiger partial charge in [-0.1, -0.05) is 0 Å². The topological polar surface area (TPSA) is 78.5 Å².